The predicted molar refractivity (Wildman–Crippen MR) is 76.6 cm³/mol. The van der Waals surface area contributed by atoms with Gasteiger partial charge >= 0.3 is 0 Å². The van der Waals surface area contributed by atoms with Crippen molar-refractivity contribution in [1.29, 1.82) is 0 Å². The Hall–Kier alpha value is -1.06. The molecule has 1 saturated carbocycles. The fourth-order valence-electron chi connectivity index (χ4n) is 2.76. The zero-order chi connectivity index (χ0) is 14.6. The quantitative estimate of drug-likeness (QED) is 0.849. The van der Waals surface area contributed by atoms with Gasteiger partial charge in [0, 0.05) is 20.0 Å². The summed E-state index contributed by atoms with van der Waals surface area (Å²) in [6.07, 6.45) is 4.53. The van der Waals surface area contributed by atoms with E-state index in [0.29, 0.717) is 6.04 Å². The summed E-state index contributed by atoms with van der Waals surface area (Å²) in [7, 11) is 1.88. The molecule has 1 atom stereocenters. The minimum absolute atomic E-state index is 0.0461. The molecule has 110 valence electrons. The number of likely N-dealkylation sites (N-methyl/N-ethyl adjacent to an activating group) is 1. The Morgan fingerprint density at radius 1 is 1.16 bits per heavy atom. The van der Waals surface area contributed by atoms with Crippen molar-refractivity contribution in [2.24, 2.45) is 11.8 Å². The van der Waals surface area contributed by atoms with Gasteiger partial charge in [0.1, 0.15) is 6.04 Å². The zero-order valence-electron chi connectivity index (χ0n) is 12.9. The molecule has 2 amide bonds. The van der Waals surface area contributed by atoms with Gasteiger partial charge in [-0.1, -0.05) is 20.8 Å². The van der Waals surface area contributed by atoms with Gasteiger partial charge in [-0.2, -0.15) is 0 Å². The number of carbonyl (C=O) groups is 2. The smallest absolute Gasteiger partial charge is 0.245 e. The molecule has 1 rings (SSSR count). The lowest BCUT2D eigenvalue weighted by Crippen LogP contribution is -2.52. The van der Waals surface area contributed by atoms with Gasteiger partial charge in [0.25, 0.3) is 0 Å². The summed E-state index contributed by atoms with van der Waals surface area (Å²) in [5, 5.41) is 2.78. The van der Waals surface area contributed by atoms with Gasteiger partial charge in [0.15, 0.2) is 0 Å². The highest BCUT2D eigenvalue weighted by molar-refractivity contribution is 5.87. The number of nitrogens with zero attached hydrogens (tertiary/aromatic N) is 1. The van der Waals surface area contributed by atoms with Gasteiger partial charge in [0.05, 0.1) is 0 Å². The summed E-state index contributed by atoms with van der Waals surface area (Å²) in [5.74, 6) is 0.792. The molecule has 4 heteroatoms. The lowest BCUT2D eigenvalue weighted by atomic mass is 9.86. The van der Waals surface area contributed by atoms with E-state index in [9.17, 15) is 9.59 Å². The first kappa shape index (κ1) is 16.0. The van der Waals surface area contributed by atoms with Crippen molar-refractivity contribution in [3.63, 3.8) is 0 Å². The maximum Gasteiger partial charge on any atom is 0.245 e. The second-order valence-corrected chi connectivity index (χ2v) is 6.29. The molecule has 0 radical (unpaired) electrons. The highest BCUT2D eigenvalue weighted by atomic mass is 16.2. The van der Waals surface area contributed by atoms with Gasteiger partial charge in [0.2, 0.25) is 11.8 Å². The van der Waals surface area contributed by atoms with E-state index in [1.807, 2.05) is 25.8 Å². The third-order valence-corrected chi connectivity index (χ3v) is 4.17. The van der Waals surface area contributed by atoms with Crippen LogP contribution in [0.15, 0.2) is 0 Å². The molecule has 1 aliphatic carbocycles. The van der Waals surface area contributed by atoms with E-state index in [2.05, 4.69) is 12.2 Å². The highest BCUT2D eigenvalue weighted by Gasteiger charge is 2.31. The lowest BCUT2D eigenvalue weighted by Gasteiger charge is -2.36. The fourth-order valence-corrected chi connectivity index (χ4v) is 2.76. The van der Waals surface area contributed by atoms with Gasteiger partial charge in [-0.25, -0.2) is 0 Å². The summed E-state index contributed by atoms with van der Waals surface area (Å²) in [6.45, 7) is 7.67. The van der Waals surface area contributed by atoms with Gasteiger partial charge in [-0.15, -0.1) is 0 Å². The maximum atomic E-state index is 12.5. The van der Waals surface area contributed by atoms with Gasteiger partial charge < -0.3 is 10.2 Å². The average molecular weight is 268 g/mol. The van der Waals surface area contributed by atoms with Crippen molar-refractivity contribution in [3.05, 3.63) is 0 Å². The van der Waals surface area contributed by atoms with Crippen molar-refractivity contribution < 1.29 is 9.59 Å². The number of carbonyl (C=O) groups excluding carboxylic acids is 2. The van der Waals surface area contributed by atoms with Crippen LogP contribution in [-0.4, -0.2) is 35.8 Å². The summed E-state index contributed by atoms with van der Waals surface area (Å²) in [5.41, 5.74) is 0. The number of rotatable bonds is 4. The Morgan fingerprint density at radius 2 is 1.68 bits per heavy atom. The average Bonchev–Trinajstić information content (AvgIpc) is 2.34. The lowest BCUT2D eigenvalue weighted by molar-refractivity contribution is -0.138. The van der Waals surface area contributed by atoms with Crippen LogP contribution in [0.2, 0.25) is 0 Å². The first-order chi connectivity index (χ1) is 8.82. The Kier molecular flexibility index (Phi) is 5.83. The van der Waals surface area contributed by atoms with Crippen LogP contribution in [0.3, 0.4) is 0 Å². The van der Waals surface area contributed by atoms with E-state index in [1.165, 1.54) is 19.8 Å². The van der Waals surface area contributed by atoms with Crippen LogP contribution < -0.4 is 5.32 Å². The van der Waals surface area contributed by atoms with Crippen LogP contribution in [-0.2, 0) is 9.59 Å². The topological polar surface area (TPSA) is 49.4 Å². The summed E-state index contributed by atoms with van der Waals surface area (Å²) in [6, 6.07) is -0.0689. The van der Waals surface area contributed by atoms with Crippen LogP contribution >= 0.6 is 0 Å². The molecule has 19 heavy (non-hydrogen) atoms. The van der Waals surface area contributed by atoms with Gasteiger partial charge in [-0.3, -0.25) is 9.59 Å². The Labute approximate surface area is 116 Å². The van der Waals surface area contributed by atoms with E-state index < -0.39 is 6.04 Å². The highest BCUT2D eigenvalue weighted by Crippen LogP contribution is 2.27. The van der Waals surface area contributed by atoms with E-state index in [1.54, 1.807) is 0 Å². The molecular formula is C15H28N2O2. The SMILES string of the molecule is CC(=O)NC(C(=O)N(C)C1CCC(C)CC1)C(C)C. The molecule has 0 spiro atoms. The minimum Gasteiger partial charge on any atom is -0.344 e. The van der Waals surface area contributed by atoms with E-state index in [4.69, 9.17) is 0 Å². The Bertz CT molecular complexity index is 320. The Morgan fingerprint density at radius 3 is 2.11 bits per heavy atom. The zero-order valence-corrected chi connectivity index (χ0v) is 12.9. The largest absolute Gasteiger partial charge is 0.344 e. The maximum absolute atomic E-state index is 12.5. The van der Waals surface area contributed by atoms with Crippen LogP contribution in [0.4, 0.5) is 0 Å². The first-order valence-electron chi connectivity index (χ1n) is 7.36. The molecule has 0 aromatic heterocycles. The van der Waals surface area contributed by atoms with Crippen molar-refractivity contribution in [2.75, 3.05) is 7.05 Å². The van der Waals surface area contributed by atoms with Crippen molar-refractivity contribution in [3.8, 4) is 0 Å². The third kappa shape index (κ3) is 4.51. The molecule has 1 fully saturated rings. The van der Waals surface area contributed by atoms with Crippen LogP contribution in [0.25, 0.3) is 0 Å². The number of amides is 2. The molecule has 4 nitrogen and oxygen atoms in total. The van der Waals surface area contributed by atoms with Crippen molar-refractivity contribution >= 4 is 11.8 Å². The summed E-state index contributed by atoms with van der Waals surface area (Å²) < 4.78 is 0. The minimum atomic E-state index is -0.401. The second-order valence-electron chi connectivity index (χ2n) is 6.29. The fraction of sp³-hybridized carbons (Fsp3) is 0.867. The monoisotopic (exact) mass is 268 g/mol. The molecule has 1 N–H and O–H groups in total. The molecule has 0 saturated heterocycles. The predicted octanol–water partition coefficient (Wildman–Crippen LogP) is 2.18. The molecule has 0 heterocycles. The van der Waals surface area contributed by atoms with E-state index in [-0.39, 0.29) is 17.7 Å². The number of hydrogen-bond acceptors (Lipinski definition) is 2. The van der Waals surface area contributed by atoms with Crippen LogP contribution in [0.1, 0.15) is 53.4 Å². The first-order valence-corrected chi connectivity index (χ1v) is 7.36. The molecule has 1 unspecified atom stereocenters. The molecule has 0 aromatic rings. The standard InChI is InChI=1S/C15H28N2O2/c1-10(2)14(16-12(4)18)15(19)17(5)13-8-6-11(3)7-9-13/h10-11,13-14H,6-9H2,1-5H3,(H,16,18). The molecular weight excluding hydrogens is 240 g/mol. The Balaban J connectivity index is 2.65. The second kappa shape index (κ2) is 6.92. The number of hydrogen-bond donors (Lipinski definition) is 1. The molecule has 0 bridgehead atoms. The van der Waals surface area contributed by atoms with Crippen molar-refractivity contribution in [1.82, 2.24) is 10.2 Å². The van der Waals surface area contributed by atoms with Crippen LogP contribution in [0.5, 0.6) is 0 Å². The third-order valence-electron chi connectivity index (χ3n) is 4.17. The summed E-state index contributed by atoms with van der Waals surface area (Å²) in [4.78, 5) is 25.6. The summed E-state index contributed by atoms with van der Waals surface area (Å²) >= 11 is 0. The van der Waals surface area contributed by atoms with E-state index >= 15 is 0 Å². The van der Waals surface area contributed by atoms with Gasteiger partial charge in [-0.05, 0) is 37.5 Å². The molecule has 1 aliphatic rings. The van der Waals surface area contributed by atoms with Crippen LogP contribution in [0, 0.1) is 11.8 Å². The molecule has 0 aromatic carbocycles. The van der Waals surface area contributed by atoms with E-state index in [0.717, 1.165) is 18.8 Å². The molecule has 0 aliphatic heterocycles. The van der Waals surface area contributed by atoms with Crippen molar-refractivity contribution in [2.45, 2.75) is 65.5 Å². The number of nitrogens with one attached hydrogen (secondary N) is 1. The normalized spacial score (nSPS) is 24.9.